The number of nitrogens with one attached hydrogen (secondary N) is 2. The van der Waals surface area contributed by atoms with E-state index >= 15 is 0 Å². The molecule has 0 radical (unpaired) electrons. The van der Waals surface area contributed by atoms with Crippen molar-refractivity contribution in [3.63, 3.8) is 0 Å². The molecule has 3 aromatic rings. The molecule has 1 heterocycles. The molecule has 8 heteroatoms. The lowest BCUT2D eigenvalue weighted by molar-refractivity contribution is 0.102. The van der Waals surface area contributed by atoms with Crippen LogP contribution in [0.1, 0.15) is 10.4 Å². The number of anilines is 1. The van der Waals surface area contributed by atoms with Crippen LogP contribution in [0.3, 0.4) is 0 Å². The Hall–Kier alpha value is -2.97. The SMILES string of the molecule is CN(C)S(=O)(=O)c1cccc(C(=O)Nc2cccc(-c3ccn[nH]3)c2)c1. The lowest BCUT2D eigenvalue weighted by atomic mass is 10.1. The third kappa shape index (κ3) is 3.66. The molecule has 0 saturated heterocycles. The fraction of sp³-hybridized carbons (Fsp3) is 0.111. The van der Waals surface area contributed by atoms with Gasteiger partial charge in [-0.25, -0.2) is 12.7 Å². The van der Waals surface area contributed by atoms with E-state index in [1.807, 2.05) is 24.3 Å². The van der Waals surface area contributed by atoms with Crippen molar-refractivity contribution in [1.29, 1.82) is 0 Å². The zero-order valence-electron chi connectivity index (χ0n) is 14.3. The Labute approximate surface area is 151 Å². The molecule has 3 rings (SSSR count). The summed E-state index contributed by atoms with van der Waals surface area (Å²) in [6.45, 7) is 0. The predicted octanol–water partition coefficient (Wildman–Crippen LogP) is 2.58. The second kappa shape index (κ2) is 7.11. The molecule has 1 amide bonds. The van der Waals surface area contributed by atoms with Crippen LogP contribution in [0.2, 0.25) is 0 Å². The van der Waals surface area contributed by atoms with Crippen LogP contribution in [0, 0.1) is 0 Å². The molecule has 0 spiro atoms. The highest BCUT2D eigenvalue weighted by molar-refractivity contribution is 7.89. The zero-order valence-corrected chi connectivity index (χ0v) is 15.1. The van der Waals surface area contributed by atoms with Gasteiger partial charge < -0.3 is 5.32 Å². The van der Waals surface area contributed by atoms with Crippen molar-refractivity contribution in [2.75, 3.05) is 19.4 Å². The van der Waals surface area contributed by atoms with Gasteiger partial charge in [0.1, 0.15) is 0 Å². The van der Waals surface area contributed by atoms with E-state index in [1.165, 1.54) is 26.2 Å². The number of H-pyrrole nitrogens is 1. The molecule has 1 aromatic heterocycles. The van der Waals surface area contributed by atoms with Gasteiger partial charge in [-0.15, -0.1) is 0 Å². The van der Waals surface area contributed by atoms with Crippen LogP contribution in [-0.2, 0) is 10.0 Å². The fourth-order valence-corrected chi connectivity index (χ4v) is 3.34. The first-order valence-electron chi connectivity index (χ1n) is 7.82. The van der Waals surface area contributed by atoms with Gasteiger partial charge in [0.2, 0.25) is 10.0 Å². The molecule has 0 aliphatic rings. The van der Waals surface area contributed by atoms with Crippen LogP contribution in [0.25, 0.3) is 11.3 Å². The monoisotopic (exact) mass is 370 g/mol. The van der Waals surface area contributed by atoms with E-state index in [2.05, 4.69) is 15.5 Å². The molecule has 0 aliphatic carbocycles. The first kappa shape index (κ1) is 17.8. The van der Waals surface area contributed by atoms with E-state index < -0.39 is 10.0 Å². The first-order valence-corrected chi connectivity index (χ1v) is 9.26. The summed E-state index contributed by atoms with van der Waals surface area (Å²) in [4.78, 5) is 12.6. The first-order chi connectivity index (χ1) is 12.4. The standard InChI is InChI=1S/C18H18N4O3S/c1-22(2)26(24,25)16-8-4-6-14(12-16)18(23)20-15-7-3-5-13(11-15)17-9-10-19-21-17/h3-12H,1-2H3,(H,19,21)(H,20,23). The van der Waals surface area contributed by atoms with Crippen LogP contribution in [0.4, 0.5) is 5.69 Å². The Morgan fingerprint density at radius 1 is 1.08 bits per heavy atom. The second-order valence-corrected chi connectivity index (χ2v) is 7.97. The topological polar surface area (TPSA) is 95.2 Å². The Morgan fingerprint density at radius 3 is 2.54 bits per heavy atom. The summed E-state index contributed by atoms with van der Waals surface area (Å²) in [6, 6.07) is 15.1. The second-order valence-electron chi connectivity index (χ2n) is 5.82. The summed E-state index contributed by atoms with van der Waals surface area (Å²) in [5.74, 6) is -0.387. The van der Waals surface area contributed by atoms with Gasteiger partial charge in [0, 0.05) is 37.1 Å². The van der Waals surface area contributed by atoms with Crippen molar-refractivity contribution in [1.82, 2.24) is 14.5 Å². The smallest absolute Gasteiger partial charge is 0.255 e. The maximum Gasteiger partial charge on any atom is 0.255 e. The van der Waals surface area contributed by atoms with Gasteiger partial charge in [-0.2, -0.15) is 5.10 Å². The largest absolute Gasteiger partial charge is 0.322 e. The van der Waals surface area contributed by atoms with Crippen molar-refractivity contribution in [2.24, 2.45) is 0 Å². The number of aromatic nitrogens is 2. The van der Waals surface area contributed by atoms with Gasteiger partial charge >= 0.3 is 0 Å². The number of hydrogen-bond acceptors (Lipinski definition) is 4. The third-order valence-corrected chi connectivity index (χ3v) is 5.62. The molecule has 134 valence electrons. The van der Waals surface area contributed by atoms with Gasteiger partial charge in [-0.1, -0.05) is 18.2 Å². The Bertz CT molecular complexity index is 1030. The van der Waals surface area contributed by atoms with Crippen LogP contribution in [0.5, 0.6) is 0 Å². The number of sulfonamides is 1. The van der Waals surface area contributed by atoms with Crippen LogP contribution in [0.15, 0.2) is 65.7 Å². The van der Waals surface area contributed by atoms with Gasteiger partial charge in [0.05, 0.1) is 10.6 Å². The van der Waals surface area contributed by atoms with E-state index in [0.29, 0.717) is 5.69 Å². The minimum absolute atomic E-state index is 0.0707. The summed E-state index contributed by atoms with van der Waals surface area (Å²) in [5.41, 5.74) is 2.58. The van der Waals surface area contributed by atoms with E-state index in [-0.39, 0.29) is 16.4 Å². The molecule has 2 aromatic carbocycles. The molecule has 26 heavy (non-hydrogen) atoms. The normalized spacial score (nSPS) is 11.5. The molecule has 0 saturated carbocycles. The van der Waals surface area contributed by atoms with Crippen molar-refractivity contribution in [3.8, 4) is 11.3 Å². The quantitative estimate of drug-likeness (QED) is 0.722. The Morgan fingerprint density at radius 2 is 1.85 bits per heavy atom. The summed E-state index contributed by atoms with van der Waals surface area (Å²) >= 11 is 0. The van der Waals surface area contributed by atoms with E-state index in [4.69, 9.17) is 0 Å². The molecule has 0 aliphatic heterocycles. The lowest BCUT2D eigenvalue weighted by Crippen LogP contribution is -2.22. The number of hydrogen-bond donors (Lipinski definition) is 2. The number of aromatic amines is 1. The maximum absolute atomic E-state index is 12.5. The zero-order chi connectivity index (χ0) is 18.7. The van der Waals surface area contributed by atoms with Crippen molar-refractivity contribution in [2.45, 2.75) is 4.90 Å². The molecule has 0 unspecified atom stereocenters. The van der Waals surface area contributed by atoms with Crippen LogP contribution in [-0.4, -0.2) is 42.9 Å². The average Bonchev–Trinajstić information content (AvgIpc) is 3.16. The number of carbonyl (C=O) groups is 1. The minimum Gasteiger partial charge on any atom is -0.322 e. The van der Waals surface area contributed by atoms with E-state index in [9.17, 15) is 13.2 Å². The minimum atomic E-state index is -3.60. The van der Waals surface area contributed by atoms with Crippen LogP contribution < -0.4 is 5.32 Å². The van der Waals surface area contributed by atoms with Crippen molar-refractivity contribution < 1.29 is 13.2 Å². The highest BCUT2D eigenvalue weighted by Gasteiger charge is 2.18. The van der Waals surface area contributed by atoms with Crippen LogP contribution >= 0.6 is 0 Å². The van der Waals surface area contributed by atoms with E-state index in [1.54, 1.807) is 24.4 Å². The number of carbonyl (C=O) groups excluding carboxylic acids is 1. The highest BCUT2D eigenvalue weighted by Crippen LogP contribution is 2.21. The summed E-state index contributed by atoms with van der Waals surface area (Å²) < 4.78 is 25.6. The van der Waals surface area contributed by atoms with Gasteiger partial charge in [0.25, 0.3) is 5.91 Å². The molecular formula is C18H18N4O3S. The summed E-state index contributed by atoms with van der Waals surface area (Å²) in [7, 11) is -0.705. The summed E-state index contributed by atoms with van der Waals surface area (Å²) in [5, 5.41) is 9.56. The fourth-order valence-electron chi connectivity index (χ4n) is 2.39. The lowest BCUT2D eigenvalue weighted by Gasteiger charge is -2.12. The number of amides is 1. The third-order valence-electron chi connectivity index (χ3n) is 3.81. The molecule has 7 nitrogen and oxygen atoms in total. The van der Waals surface area contributed by atoms with Gasteiger partial charge in [-0.05, 0) is 36.4 Å². The van der Waals surface area contributed by atoms with Crippen molar-refractivity contribution in [3.05, 3.63) is 66.4 Å². The summed E-state index contributed by atoms with van der Waals surface area (Å²) in [6.07, 6.45) is 1.65. The molecule has 2 N–H and O–H groups in total. The predicted molar refractivity (Wildman–Crippen MR) is 99.3 cm³/mol. The molecule has 0 atom stereocenters. The molecule has 0 fully saturated rings. The Balaban J connectivity index is 1.84. The van der Waals surface area contributed by atoms with E-state index in [0.717, 1.165) is 15.6 Å². The number of benzene rings is 2. The number of rotatable bonds is 5. The highest BCUT2D eigenvalue weighted by atomic mass is 32.2. The number of nitrogens with zero attached hydrogens (tertiary/aromatic N) is 2. The molecular weight excluding hydrogens is 352 g/mol. The molecule has 0 bridgehead atoms. The van der Waals surface area contributed by atoms with Gasteiger partial charge in [0.15, 0.2) is 0 Å². The van der Waals surface area contributed by atoms with Crippen molar-refractivity contribution >= 4 is 21.6 Å². The van der Waals surface area contributed by atoms with Gasteiger partial charge in [-0.3, -0.25) is 9.89 Å². The average molecular weight is 370 g/mol. The Kier molecular flexibility index (Phi) is 4.88. The maximum atomic E-state index is 12.5.